The molecule has 3 rings (SSSR count). The van der Waals surface area contributed by atoms with Crippen LogP contribution < -0.4 is 10.1 Å². The van der Waals surface area contributed by atoms with Gasteiger partial charge in [-0.15, -0.1) is 0 Å². The summed E-state index contributed by atoms with van der Waals surface area (Å²) in [5.41, 5.74) is 1.64. The third kappa shape index (κ3) is 3.16. The number of halogens is 1. The Labute approximate surface area is 134 Å². The first-order chi connectivity index (χ1) is 11.1. The fraction of sp³-hybridized carbons (Fsp3) is 0.353. The van der Waals surface area contributed by atoms with Gasteiger partial charge < -0.3 is 19.4 Å². The Kier molecular flexibility index (Phi) is 4.23. The lowest BCUT2D eigenvalue weighted by Gasteiger charge is -2.28. The van der Waals surface area contributed by atoms with E-state index in [4.69, 9.17) is 9.15 Å². The molecule has 122 valence electrons. The SMILES string of the molecule is Cc1occc1CN(C)C(=O)N[C@H]1CCOc2c(F)cccc21. The summed E-state index contributed by atoms with van der Waals surface area (Å²) in [6, 6.07) is 6.14. The summed E-state index contributed by atoms with van der Waals surface area (Å²) in [6.45, 7) is 2.69. The number of aryl methyl sites for hydroxylation is 1. The molecule has 2 aromatic rings. The minimum atomic E-state index is -0.399. The molecule has 1 atom stereocenters. The molecular formula is C17H19FN2O3. The van der Waals surface area contributed by atoms with Crippen molar-refractivity contribution in [3.05, 3.63) is 53.2 Å². The number of amides is 2. The lowest BCUT2D eigenvalue weighted by Crippen LogP contribution is -2.40. The molecule has 1 aromatic carbocycles. The summed E-state index contributed by atoms with van der Waals surface area (Å²) < 4.78 is 24.4. The van der Waals surface area contributed by atoms with E-state index in [1.807, 2.05) is 13.0 Å². The highest BCUT2D eigenvalue weighted by atomic mass is 19.1. The second-order valence-electron chi connectivity index (χ2n) is 5.66. The molecule has 0 spiro atoms. The average Bonchev–Trinajstić information content (AvgIpc) is 2.93. The minimum Gasteiger partial charge on any atom is -0.490 e. The number of ether oxygens (including phenoxy) is 1. The number of hydrogen-bond donors (Lipinski definition) is 1. The number of nitrogens with one attached hydrogen (secondary N) is 1. The number of hydrogen-bond acceptors (Lipinski definition) is 3. The first kappa shape index (κ1) is 15.4. The van der Waals surface area contributed by atoms with Crippen LogP contribution in [-0.2, 0) is 6.54 Å². The van der Waals surface area contributed by atoms with Gasteiger partial charge in [-0.1, -0.05) is 12.1 Å². The quantitative estimate of drug-likeness (QED) is 0.944. The van der Waals surface area contributed by atoms with E-state index >= 15 is 0 Å². The lowest BCUT2D eigenvalue weighted by molar-refractivity contribution is 0.192. The molecule has 0 saturated carbocycles. The number of carbonyl (C=O) groups excluding carboxylic acids is 1. The van der Waals surface area contributed by atoms with Gasteiger partial charge >= 0.3 is 6.03 Å². The smallest absolute Gasteiger partial charge is 0.317 e. The molecule has 0 saturated heterocycles. The number of furan rings is 1. The van der Waals surface area contributed by atoms with Crippen LogP contribution in [0.4, 0.5) is 9.18 Å². The standard InChI is InChI=1S/C17H19FN2O3/c1-11-12(6-8-22-11)10-20(2)17(21)19-15-7-9-23-16-13(15)4-3-5-14(16)18/h3-6,8,15H,7,9-10H2,1-2H3,(H,19,21)/t15-/m0/s1. The number of rotatable bonds is 3. The summed E-state index contributed by atoms with van der Waals surface area (Å²) >= 11 is 0. The molecule has 0 aliphatic carbocycles. The van der Waals surface area contributed by atoms with Crippen LogP contribution in [0.1, 0.15) is 29.3 Å². The van der Waals surface area contributed by atoms with Crippen LogP contribution in [0, 0.1) is 12.7 Å². The summed E-state index contributed by atoms with van der Waals surface area (Å²) in [4.78, 5) is 14.0. The maximum Gasteiger partial charge on any atom is 0.317 e. The maximum atomic E-state index is 13.8. The summed E-state index contributed by atoms with van der Waals surface area (Å²) in [7, 11) is 1.72. The first-order valence-corrected chi connectivity index (χ1v) is 7.52. The van der Waals surface area contributed by atoms with Gasteiger partial charge in [-0.3, -0.25) is 0 Å². The zero-order valence-corrected chi connectivity index (χ0v) is 13.1. The topological polar surface area (TPSA) is 54.7 Å². The van der Waals surface area contributed by atoms with Gasteiger partial charge in [0, 0.05) is 24.6 Å². The minimum absolute atomic E-state index is 0.215. The Morgan fingerprint density at radius 1 is 1.43 bits per heavy atom. The van der Waals surface area contributed by atoms with Crippen molar-refractivity contribution in [2.45, 2.75) is 25.9 Å². The highest BCUT2D eigenvalue weighted by Crippen LogP contribution is 2.34. The van der Waals surface area contributed by atoms with E-state index in [1.165, 1.54) is 6.07 Å². The fourth-order valence-electron chi connectivity index (χ4n) is 2.70. The normalized spacial score (nSPS) is 16.4. The van der Waals surface area contributed by atoms with Crippen molar-refractivity contribution in [1.29, 1.82) is 0 Å². The molecule has 1 aliphatic rings. The van der Waals surface area contributed by atoms with Crippen LogP contribution in [0.25, 0.3) is 0 Å². The van der Waals surface area contributed by atoms with E-state index in [-0.39, 0.29) is 17.8 Å². The molecule has 0 fully saturated rings. The van der Waals surface area contributed by atoms with Crippen LogP contribution in [-0.4, -0.2) is 24.6 Å². The van der Waals surface area contributed by atoms with Crippen LogP contribution in [0.5, 0.6) is 5.75 Å². The zero-order valence-electron chi connectivity index (χ0n) is 13.1. The van der Waals surface area contributed by atoms with Gasteiger partial charge in [-0.2, -0.15) is 0 Å². The van der Waals surface area contributed by atoms with E-state index in [0.717, 1.165) is 11.3 Å². The number of nitrogens with zero attached hydrogens (tertiary/aromatic N) is 1. The van der Waals surface area contributed by atoms with Gasteiger partial charge in [0.2, 0.25) is 0 Å². The second kappa shape index (κ2) is 6.32. The molecule has 5 nitrogen and oxygen atoms in total. The molecule has 1 aliphatic heterocycles. The largest absolute Gasteiger partial charge is 0.490 e. The summed E-state index contributed by atoms with van der Waals surface area (Å²) in [5, 5.41) is 2.94. The van der Waals surface area contributed by atoms with E-state index in [9.17, 15) is 9.18 Å². The molecule has 1 aromatic heterocycles. The Bertz CT molecular complexity index is 714. The highest BCUT2D eigenvalue weighted by Gasteiger charge is 2.26. The van der Waals surface area contributed by atoms with Crippen LogP contribution >= 0.6 is 0 Å². The van der Waals surface area contributed by atoms with E-state index < -0.39 is 5.82 Å². The van der Waals surface area contributed by atoms with Gasteiger partial charge in [0.15, 0.2) is 11.6 Å². The molecule has 6 heteroatoms. The number of urea groups is 1. The van der Waals surface area contributed by atoms with Crippen LogP contribution in [0.2, 0.25) is 0 Å². The number of benzene rings is 1. The second-order valence-corrected chi connectivity index (χ2v) is 5.66. The number of para-hydroxylation sites is 1. The molecule has 1 N–H and O–H groups in total. The van der Waals surface area contributed by atoms with Crippen molar-refractivity contribution in [2.24, 2.45) is 0 Å². The first-order valence-electron chi connectivity index (χ1n) is 7.52. The van der Waals surface area contributed by atoms with Crippen LogP contribution in [0.15, 0.2) is 34.9 Å². The van der Waals surface area contributed by atoms with Crippen molar-refractivity contribution in [3.8, 4) is 5.75 Å². The Morgan fingerprint density at radius 2 is 2.26 bits per heavy atom. The van der Waals surface area contributed by atoms with Crippen molar-refractivity contribution in [1.82, 2.24) is 10.2 Å². The third-order valence-electron chi connectivity index (χ3n) is 4.04. The predicted octanol–water partition coefficient (Wildman–Crippen LogP) is 3.39. The summed E-state index contributed by atoms with van der Waals surface area (Å²) in [5.74, 6) is 0.629. The maximum absolute atomic E-state index is 13.8. The van der Waals surface area contributed by atoms with Gasteiger partial charge in [0.25, 0.3) is 0 Å². The molecule has 0 bridgehead atoms. The molecular weight excluding hydrogens is 299 g/mol. The molecule has 0 unspecified atom stereocenters. The van der Waals surface area contributed by atoms with Crippen molar-refractivity contribution >= 4 is 6.03 Å². The Morgan fingerprint density at radius 3 is 3.00 bits per heavy atom. The molecule has 2 amide bonds. The summed E-state index contributed by atoms with van der Waals surface area (Å²) in [6.07, 6.45) is 2.22. The monoisotopic (exact) mass is 318 g/mol. The zero-order chi connectivity index (χ0) is 16.4. The number of fused-ring (bicyclic) bond motifs is 1. The average molecular weight is 318 g/mol. The molecule has 0 radical (unpaired) electrons. The molecule has 2 heterocycles. The van der Waals surface area contributed by atoms with Crippen LogP contribution in [0.3, 0.4) is 0 Å². The lowest BCUT2D eigenvalue weighted by atomic mass is 10.0. The van der Waals surface area contributed by atoms with Crippen molar-refractivity contribution in [3.63, 3.8) is 0 Å². The van der Waals surface area contributed by atoms with E-state index in [1.54, 1.807) is 30.3 Å². The van der Waals surface area contributed by atoms with Crippen molar-refractivity contribution in [2.75, 3.05) is 13.7 Å². The highest BCUT2D eigenvalue weighted by molar-refractivity contribution is 5.74. The van der Waals surface area contributed by atoms with Crippen molar-refractivity contribution < 1.29 is 18.3 Å². The van der Waals surface area contributed by atoms with Gasteiger partial charge in [-0.25, -0.2) is 9.18 Å². The van der Waals surface area contributed by atoms with Gasteiger partial charge in [0.05, 0.1) is 25.5 Å². The van der Waals surface area contributed by atoms with E-state index in [0.29, 0.717) is 25.1 Å². The number of carbonyl (C=O) groups is 1. The Hall–Kier alpha value is -2.50. The van der Waals surface area contributed by atoms with E-state index in [2.05, 4.69) is 5.32 Å². The Balaban J connectivity index is 1.69. The van der Waals surface area contributed by atoms with Gasteiger partial charge in [-0.05, 0) is 19.1 Å². The van der Waals surface area contributed by atoms with Gasteiger partial charge in [0.1, 0.15) is 5.76 Å². The predicted molar refractivity (Wildman–Crippen MR) is 82.7 cm³/mol. The fourth-order valence-corrected chi connectivity index (χ4v) is 2.70. The third-order valence-corrected chi connectivity index (χ3v) is 4.04. The molecule has 23 heavy (non-hydrogen) atoms.